The first-order valence-electron chi connectivity index (χ1n) is 5.05. The fourth-order valence-electron chi connectivity index (χ4n) is 2.40. The number of primary amides is 1. The van der Waals surface area contributed by atoms with Crippen molar-refractivity contribution in [1.82, 2.24) is 4.90 Å². The topological polar surface area (TPSA) is 127 Å². The number of fused-ring (bicyclic) bond motifs is 2. The molecule has 0 radical (unpaired) electrons. The molecule has 8 nitrogen and oxygen atoms in total. The maximum absolute atomic E-state index is 11.8. The van der Waals surface area contributed by atoms with Gasteiger partial charge in [0, 0.05) is 12.5 Å². The van der Waals surface area contributed by atoms with E-state index in [0.717, 1.165) is 0 Å². The molecule has 3 atom stereocenters. The molecule has 96 valence electrons. The van der Waals surface area contributed by atoms with E-state index in [0.29, 0.717) is 12.8 Å². The molecular weight excluding hydrogens is 252 g/mol. The van der Waals surface area contributed by atoms with E-state index in [-0.39, 0.29) is 12.5 Å². The molecule has 2 amide bonds. The van der Waals surface area contributed by atoms with Crippen molar-refractivity contribution in [3.05, 3.63) is 0 Å². The maximum Gasteiger partial charge on any atom is 0.398 e. The molecule has 2 aliphatic rings. The van der Waals surface area contributed by atoms with Crippen molar-refractivity contribution in [2.24, 2.45) is 11.7 Å². The highest BCUT2D eigenvalue weighted by molar-refractivity contribution is 7.80. The fourth-order valence-corrected chi connectivity index (χ4v) is 2.90. The zero-order valence-electron chi connectivity index (χ0n) is 8.77. The Morgan fingerprint density at radius 2 is 2.12 bits per heavy atom. The SMILES string of the molecule is NC(=O)[C@H]1CC[C@@H]2CN1C(=O)C2OS(=O)(=O)O. The van der Waals surface area contributed by atoms with Crippen molar-refractivity contribution in [3.63, 3.8) is 0 Å². The predicted octanol–water partition coefficient (Wildman–Crippen LogP) is -1.72. The van der Waals surface area contributed by atoms with Gasteiger partial charge in [0.2, 0.25) is 5.91 Å². The maximum atomic E-state index is 11.8. The molecule has 2 rings (SSSR count). The highest BCUT2D eigenvalue weighted by Gasteiger charge is 2.50. The highest BCUT2D eigenvalue weighted by Crippen LogP contribution is 2.34. The number of carbonyl (C=O) groups is 2. The van der Waals surface area contributed by atoms with Gasteiger partial charge in [-0.1, -0.05) is 0 Å². The standard InChI is InChI=1S/C8H12N2O6S/c9-7(11)5-2-1-4-3-10(5)8(12)6(4)16-17(13,14)15/h4-6H,1-3H2,(H2,9,11)(H,13,14,15)/t4-,5-,6?/m1/s1. The summed E-state index contributed by atoms with van der Waals surface area (Å²) in [4.78, 5) is 24.1. The van der Waals surface area contributed by atoms with Crippen LogP contribution < -0.4 is 5.73 Å². The first-order chi connectivity index (χ1) is 7.79. The van der Waals surface area contributed by atoms with Crippen molar-refractivity contribution in [3.8, 4) is 0 Å². The summed E-state index contributed by atoms with van der Waals surface area (Å²) < 4.78 is 34.1. The molecule has 0 aromatic heterocycles. The molecule has 0 aromatic rings. The number of nitrogens with zero attached hydrogens (tertiary/aromatic N) is 1. The van der Waals surface area contributed by atoms with Gasteiger partial charge < -0.3 is 10.6 Å². The Hall–Kier alpha value is -1.19. The molecule has 17 heavy (non-hydrogen) atoms. The largest absolute Gasteiger partial charge is 0.398 e. The van der Waals surface area contributed by atoms with Crippen molar-refractivity contribution < 1.29 is 26.7 Å². The average Bonchev–Trinajstić information content (AvgIpc) is 2.42. The lowest BCUT2D eigenvalue weighted by molar-refractivity contribution is -0.139. The second-order valence-electron chi connectivity index (χ2n) is 4.19. The van der Waals surface area contributed by atoms with Crippen molar-refractivity contribution >= 4 is 22.2 Å². The zero-order valence-corrected chi connectivity index (χ0v) is 9.59. The molecular formula is C8H12N2O6S. The lowest BCUT2D eigenvalue weighted by atomic mass is 9.94. The lowest BCUT2D eigenvalue weighted by Crippen LogP contribution is -2.47. The molecule has 0 spiro atoms. The third-order valence-electron chi connectivity index (χ3n) is 3.13. The summed E-state index contributed by atoms with van der Waals surface area (Å²) in [6, 6.07) is -0.714. The molecule has 0 aromatic carbocycles. The van der Waals surface area contributed by atoms with Crippen LogP contribution in [-0.2, 0) is 24.2 Å². The van der Waals surface area contributed by atoms with Gasteiger partial charge in [-0.2, -0.15) is 8.42 Å². The second-order valence-corrected chi connectivity index (χ2v) is 5.24. The Balaban J connectivity index is 2.20. The van der Waals surface area contributed by atoms with Gasteiger partial charge >= 0.3 is 10.4 Å². The van der Waals surface area contributed by atoms with Crippen LogP contribution in [0.25, 0.3) is 0 Å². The van der Waals surface area contributed by atoms with E-state index >= 15 is 0 Å². The van der Waals surface area contributed by atoms with E-state index < -0.39 is 34.4 Å². The quantitative estimate of drug-likeness (QED) is 0.584. The summed E-state index contributed by atoms with van der Waals surface area (Å²) >= 11 is 0. The summed E-state index contributed by atoms with van der Waals surface area (Å²) in [5, 5.41) is 0. The Bertz CT molecular complexity index is 461. The van der Waals surface area contributed by atoms with E-state index in [1.54, 1.807) is 0 Å². The minimum absolute atomic E-state index is 0.229. The van der Waals surface area contributed by atoms with Crippen molar-refractivity contribution in [2.75, 3.05) is 6.54 Å². The number of carbonyl (C=O) groups excluding carboxylic acids is 2. The number of amides is 2. The van der Waals surface area contributed by atoms with E-state index in [9.17, 15) is 18.0 Å². The van der Waals surface area contributed by atoms with Gasteiger partial charge in [-0.05, 0) is 12.8 Å². The number of nitrogens with two attached hydrogens (primary N) is 1. The van der Waals surface area contributed by atoms with Gasteiger partial charge in [0.15, 0.2) is 6.10 Å². The summed E-state index contributed by atoms with van der Waals surface area (Å²) in [7, 11) is -4.68. The smallest absolute Gasteiger partial charge is 0.368 e. The lowest BCUT2D eigenvalue weighted by Gasteiger charge is -2.29. The Morgan fingerprint density at radius 3 is 2.65 bits per heavy atom. The molecule has 0 saturated carbocycles. The molecule has 2 fully saturated rings. The second kappa shape index (κ2) is 3.93. The Morgan fingerprint density at radius 1 is 1.47 bits per heavy atom. The molecule has 1 unspecified atom stereocenters. The minimum Gasteiger partial charge on any atom is -0.368 e. The Labute approximate surface area is 97.7 Å². The molecule has 2 aliphatic heterocycles. The van der Waals surface area contributed by atoms with Crippen LogP contribution in [0.15, 0.2) is 0 Å². The first-order valence-corrected chi connectivity index (χ1v) is 6.41. The molecule has 2 bridgehead atoms. The number of hydrogen-bond donors (Lipinski definition) is 2. The third-order valence-corrected chi connectivity index (χ3v) is 3.58. The summed E-state index contributed by atoms with van der Waals surface area (Å²) in [5.74, 6) is -1.57. The normalized spacial score (nSPS) is 32.9. The monoisotopic (exact) mass is 264 g/mol. The predicted molar refractivity (Wildman–Crippen MR) is 53.8 cm³/mol. The molecule has 2 heterocycles. The van der Waals surface area contributed by atoms with Gasteiger partial charge in [-0.15, -0.1) is 0 Å². The number of piperidine rings is 1. The van der Waals surface area contributed by atoms with Gasteiger partial charge in [-0.3, -0.25) is 14.1 Å². The van der Waals surface area contributed by atoms with Crippen LogP contribution in [-0.4, -0.2) is 48.4 Å². The van der Waals surface area contributed by atoms with Crippen molar-refractivity contribution in [2.45, 2.75) is 25.0 Å². The van der Waals surface area contributed by atoms with Crippen LogP contribution in [0.1, 0.15) is 12.8 Å². The summed E-state index contributed by atoms with van der Waals surface area (Å²) in [6.45, 7) is 0.229. The zero-order chi connectivity index (χ0) is 12.8. The highest BCUT2D eigenvalue weighted by atomic mass is 32.3. The van der Waals surface area contributed by atoms with E-state index in [1.807, 2.05) is 0 Å². The van der Waals surface area contributed by atoms with Gasteiger partial charge in [0.05, 0.1) is 0 Å². The van der Waals surface area contributed by atoms with E-state index in [4.69, 9.17) is 10.3 Å². The van der Waals surface area contributed by atoms with Crippen LogP contribution in [0.5, 0.6) is 0 Å². The number of rotatable bonds is 3. The Kier molecular flexibility index (Phi) is 2.84. The molecule has 0 aliphatic carbocycles. The minimum atomic E-state index is -4.68. The summed E-state index contributed by atoms with van der Waals surface area (Å²) in [5.41, 5.74) is 5.15. The third kappa shape index (κ3) is 2.26. The van der Waals surface area contributed by atoms with Crippen LogP contribution in [0.4, 0.5) is 0 Å². The van der Waals surface area contributed by atoms with Gasteiger partial charge in [-0.25, -0.2) is 4.18 Å². The summed E-state index contributed by atoms with van der Waals surface area (Å²) in [6.07, 6.45) is -0.401. The molecule has 9 heteroatoms. The first kappa shape index (κ1) is 12.3. The van der Waals surface area contributed by atoms with Crippen LogP contribution >= 0.6 is 0 Å². The van der Waals surface area contributed by atoms with Crippen LogP contribution in [0, 0.1) is 5.92 Å². The van der Waals surface area contributed by atoms with Crippen LogP contribution in [0.2, 0.25) is 0 Å². The number of hydrogen-bond acceptors (Lipinski definition) is 5. The van der Waals surface area contributed by atoms with E-state index in [2.05, 4.69) is 4.18 Å². The average molecular weight is 264 g/mol. The fraction of sp³-hybridized carbons (Fsp3) is 0.750. The van der Waals surface area contributed by atoms with Gasteiger partial charge in [0.25, 0.3) is 5.91 Å². The van der Waals surface area contributed by atoms with E-state index in [1.165, 1.54) is 4.90 Å². The van der Waals surface area contributed by atoms with Crippen molar-refractivity contribution in [1.29, 1.82) is 0 Å². The molecule has 3 N–H and O–H groups in total. The van der Waals surface area contributed by atoms with Crippen LogP contribution in [0.3, 0.4) is 0 Å². The molecule has 2 saturated heterocycles. The van der Waals surface area contributed by atoms with Gasteiger partial charge in [0.1, 0.15) is 6.04 Å².